The molecule has 5 N–H and O–H groups in total. The maximum absolute atomic E-state index is 5.63. The van der Waals surface area contributed by atoms with Crippen LogP contribution in [-0.4, -0.2) is 0 Å². The molecule has 0 radical (unpaired) electrons. The van der Waals surface area contributed by atoms with Gasteiger partial charge in [0.15, 0.2) is 0 Å². The van der Waals surface area contributed by atoms with E-state index in [1.807, 2.05) is 18.2 Å². The quantitative estimate of drug-likeness (QED) is 0.393. The van der Waals surface area contributed by atoms with E-state index < -0.39 is 0 Å². The van der Waals surface area contributed by atoms with Gasteiger partial charge in [-0.1, -0.05) is 6.07 Å². The Balaban J connectivity index is 2.59. The van der Waals surface area contributed by atoms with E-state index in [2.05, 4.69) is 16.4 Å². The maximum atomic E-state index is 5.63. The van der Waals surface area contributed by atoms with Gasteiger partial charge in [-0.2, -0.15) is 0 Å². The first-order chi connectivity index (χ1) is 4.88. The standard InChI is InChI=1S/C6H8N4/c7-4-2-1-3-5-6(4)9-10-8-5/h1-3,8-10H,7H2. The largest absolute Gasteiger partial charge is 0.397 e. The van der Waals surface area contributed by atoms with E-state index in [1.54, 1.807) is 0 Å². The molecule has 2 rings (SSSR count). The van der Waals surface area contributed by atoms with E-state index in [-0.39, 0.29) is 0 Å². The molecule has 1 aromatic carbocycles. The predicted octanol–water partition coefficient (Wildman–Crippen LogP) is 0.526. The number of fused-ring (bicyclic) bond motifs is 1. The molecular formula is C6H8N4. The summed E-state index contributed by atoms with van der Waals surface area (Å²) < 4.78 is 0. The summed E-state index contributed by atoms with van der Waals surface area (Å²) in [7, 11) is 0. The zero-order valence-corrected chi connectivity index (χ0v) is 5.31. The van der Waals surface area contributed by atoms with Crippen molar-refractivity contribution in [1.29, 1.82) is 0 Å². The summed E-state index contributed by atoms with van der Waals surface area (Å²) in [6.45, 7) is 0. The minimum absolute atomic E-state index is 0.745. The van der Waals surface area contributed by atoms with E-state index in [0.29, 0.717) is 0 Å². The molecule has 1 heterocycles. The van der Waals surface area contributed by atoms with Gasteiger partial charge in [-0.15, -0.1) is 5.53 Å². The number of benzene rings is 1. The van der Waals surface area contributed by atoms with Gasteiger partial charge in [-0.3, -0.25) is 5.43 Å². The Morgan fingerprint density at radius 1 is 1.20 bits per heavy atom. The summed E-state index contributed by atoms with van der Waals surface area (Å²) in [6.07, 6.45) is 0. The normalized spacial score (nSPS) is 13.6. The Morgan fingerprint density at radius 3 is 2.90 bits per heavy atom. The summed E-state index contributed by atoms with van der Waals surface area (Å²) in [5.74, 6) is 0. The van der Waals surface area contributed by atoms with Gasteiger partial charge < -0.3 is 11.2 Å². The summed E-state index contributed by atoms with van der Waals surface area (Å²) in [5.41, 5.74) is 16.8. The van der Waals surface area contributed by atoms with Gasteiger partial charge in [0.2, 0.25) is 0 Å². The summed E-state index contributed by atoms with van der Waals surface area (Å²) in [6, 6.07) is 5.69. The summed E-state index contributed by atoms with van der Waals surface area (Å²) in [5, 5.41) is 0. The third-order valence-electron chi connectivity index (χ3n) is 1.48. The minimum Gasteiger partial charge on any atom is -0.397 e. The number of nitrogens with two attached hydrogens (primary N) is 1. The summed E-state index contributed by atoms with van der Waals surface area (Å²) >= 11 is 0. The molecule has 0 spiro atoms. The van der Waals surface area contributed by atoms with Gasteiger partial charge in [0.25, 0.3) is 0 Å². The third-order valence-corrected chi connectivity index (χ3v) is 1.48. The minimum atomic E-state index is 0.745. The molecule has 4 heteroatoms. The van der Waals surface area contributed by atoms with Gasteiger partial charge in [0, 0.05) is 0 Å². The molecule has 0 bridgehead atoms. The van der Waals surface area contributed by atoms with E-state index in [4.69, 9.17) is 5.73 Å². The first kappa shape index (κ1) is 5.37. The Labute approximate surface area is 58.4 Å². The molecule has 1 aliphatic heterocycles. The Kier molecular flexibility index (Phi) is 0.956. The number of nitrogens with one attached hydrogen (secondary N) is 3. The van der Waals surface area contributed by atoms with Crippen molar-refractivity contribution in [1.82, 2.24) is 5.53 Å². The first-order valence-electron chi connectivity index (χ1n) is 3.03. The number of hydrogen-bond acceptors (Lipinski definition) is 4. The third kappa shape index (κ3) is 0.593. The molecule has 0 saturated carbocycles. The highest BCUT2D eigenvalue weighted by Gasteiger charge is 2.09. The molecular weight excluding hydrogens is 128 g/mol. The van der Waals surface area contributed by atoms with Crippen molar-refractivity contribution in [2.75, 3.05) is 16.6 Å². The Hall–Kier alpha value is -1.42. The van der Waals surface area contributed by atoms with Crippen LogP contribution >= 0.6 is 0 Å². The lowest BCUT2D eigenvalue weighted by Gasteiger charge is -1.98. The van der Waals surface area contributed by atoms with Gasteiger partial charge in [-0.25, -0.2) is 0 Å². The lowest BCUT2D eigenvalue weighted by atomic mass is 10.2. The maximum Gasteiger partial charge on any atom is 0.0981 e. The lowest BCUT2D eigenvalue weighted by Crippen LogP contribution is -2.19. The van der Waals surface area contributed by atoms with Crippen molar-refractivity contribution in [3.05, 3.63) is 18.2 Å². The highest BCUT2D eigenvalue weighted by molar-refractivity contribution is 5.82. The number of para-hydroxylation sites is 1. The lowest BCUT2D eigenvalue weighted by molar-refractivity contribution is 1.01. The van der Waals surface area contributed by atoms with Crippen LogP contribution in [0.25, 0.3) is 0 Å². The van der Waals surface area contributed by atoms with Crippen LogP contribution in [0.3, 0.4) is 0 Å². The smallest absolute Gasteiger partial charge is 0.0981 e. The average molecular weight is 136 g/mol. The second kappa shape index (κ2) is 1.78. The van der Waals surface area contributed by atoms with Crippen LogP contribution in [0.1, 0.15) is 0 Å². The Bertz CT molecular complexity index is 258. The molecule has 0 fully saturated rings. The number of anilines is 3. The number of hydrogen-bond donors (Lipinski definition) is 4. The molecule has 4 nitrogen and oxygen atoms in total. The van der Waals surface area contributed by atoms with E-state index in [9.17, 15) is 0 Å². The van der Waals surface area contributed by atoms with Crippen LogP contribution < -0.4 is 22.1 Å². The van der Waals surface area contributed by atoms with Crippen molar-refractivity contribution < 1.29 is 0 Å². The molecule has 52 valence electrons. The molecule has 1 aliphatic rings. The zero-order chi connectivity index (χ0) is 6.97. The fourth-order valence-corrected chi connectivity index (χ4v) is 0.975. The van der Waals surface area contributed by atoms with Crippen molar-refractivity contribution in [2.24, 2.45) is 0 Å². The highest BCUT2D eigenvalue weighted by atomic mass is 15.6. The van der Waals surface area contributed by atoms with Crippen LogP contribution in [0.15, 0.2) is 18.2 Å². The summed E-state index contributed by atoms with van der Waals surface area (Å²) in [4.78, 5) is 0. The van der Waals surface area contributed by atoms with Crippen LogP contribution in [0.2, 0.25) is 0 Å². The molecule has 0 amide bonds. The van der Waals surface area contributed by atoms with Gasteiger partial charge >= 0.3 is 0 Å². The van der Waals surface area contributed by atoms with Gasteiger partial charge in [0.05, 0.1) is 17.1 Å². The van der Waals surface area contributed by atoms with Crippen molar-refractivity contribution in [3.63, 3.8) is 0 Å². The Morgan fingerprint density at radius 2 is 2.10 bits per heavy atom. The average Bonchev–Trinajstić information content (AvgIpc) is 2.36. The fourth-order valence-electron chi connectivity index (χ4n) is 0.975. The number of hydrazine groups is 2. The van der Waals surface area contributed by atoms with Crippen molar-refractivity contribution >= 4 is 17.1 Å². The fraction of sp³-hybridized carbons (Fsp3) is 0. The van der Waals surface area contributed by atoms with Crippen LogP contribution in [0, 0.1) is 0 Å². The zero-order valence-electron chi connectivity index (χ0n) is 5.31. The molecule has 0 unspecified atom stereocenters. The van der Waals surface area contributed by atoms with E-state index in [0.717, 1.165) is 17.1 Å². The van der Waals surface area contributed by atoms with Gasteiger partial charge in [-0.05, 0) is 12.1 Å². The topological polar surface area (TPSA) is 62.1 Å². The predicted molar refractivity (Wildman–Crippen MR) is 41.2 cm³/mol. The van der Waals surface area contributed by atoms with Crippen molar-refractivity contribution in [3.8, 4) is 0 Å². The SMILES string of the molecule is Nc1cccc2c1NNN2. The second-order valence-corrected chi connectivity index (χ2v) is 2.14. The molecule has 10 heavy (non-hydrogen) atoms. The van der Waals surface area contributed by atoms with Gasteiger partial charge in [0.1, 0.15) is 0 Å². The molecule has 0 saturated heterocycles. The van der Waals surface area contributed by atoms with E-state index in [1.165, 1.54) is 0 Å². The number of rotatable bonds is 0. The van der Waals surface area contributed by atoms with Crippen LogP contribution in [0.4, 0.5) is 17.1 Å². The molecule has 1 aromatic rings. The van der Waals surface area contributed by atoms with Crippen molar-refractivity contribution in [2.45, 2.75) is 0 Å². The highest BCUT2D eigenvalue weighted by Crippen LogP contribution is 2.29. The van der Waals surface area contributed by atoms with Crippen LogP contribution in [-0.2, 0) is 0 Å². The number of nitrogen functional groups attached to an aromatic ring is 1. The second-order valence-electron chi connectivity index (χ2n) is 2.14. The monoisotopic (exact) mass is 136 g/mol. The van der Waals surface area contributed by atoms with E-state index >= 15 is 0 Å². The molecule has 0 aliphatic carbocycles. The van der Waals surface area contributed by atoms with Crippen LogP contribution in [0.5, 0.6) is 0 Å². The molecule has 0 aromatic heterocycles. The first-order valence-corrected chi connectivity index (χ1v) is 3.03. The molecule has 0 atom stereocenters.